The fourth-order valence-electron chi connectivity index (χ4n) is 1.58. The molecular weight excluding hydrogens is 210 g/mol. The first-order chi connectivity index (χ1) is 7.52. The lowest BCUT2D eigenvalue weighted by Gasteiger charge is -2.34. The zero-order chi connectivity index (χ0) is 12.1. The SMILES string of the molecule is CCNC(=O)NC(=O)C(C)NC1CC(O)C1. The van der Waals surface area contributed by atoms with Crippen molar-refractivity contribution < 1.29 is 14.7 Å². The van der Waals surface area contributed by atoms with E-state index in [1.165, 1.54) is 0 Å². The molecule has 1 rings (SSSR count). The Morgan fingerprint density at radius 1 is 1.44 bits per heavy atom. The Morgan fingerprint density at radius 2 is 2.06 bits per heavy atom. The summed E-state index contributed by atoms with van der Waals surface area (Å²) < 4.78 is 0. The number of urea groups is 1. The molecule has 0 bridgehead atoms. The molecule has 16 heavy (non-hydrogen) atoms. The molecule has 0 saturated heterocycles. The molecule has 1 unspecified atom stereocenters. The van der Waals surface area contributed by atoms with E-state index in [4.69, 9.17) is 5.11 Å². The van der Waals surface area contributed by atoms with E-state index in [0.29, 0.717) is 19.4 Å². The first-order valence-electron chi connectivity index (χ1n) is 5.55. The highest BCUT2D eigenvalue weighted by Gasteiger charge is 2.29. The van der Waals surface area contributed by atoms with Crippen molar-refractivity contribution in [2.24, 2.45) is 0 Å². The van der Waals surface area contributed by atoms with E-state index in [9.17, 15) is 9.59 Å². The Balaban J connectivity index is 2.22. The summed E-state index contributed by atoms with van der Waals surface area (Å²) in [6.07, 6.45) is 1.08. The van der Waals surface area contributed by atoms with Gasteiger partial charge in [0.2, 0.25) is 5.91 Å². The minimum Gasteiger partial charge on any atom is -0.393 e. The summed E-state index contributed by atoms with van der Waals surface area (Å²) in [7, 11) is 0. The number of nitrogens with one attached hydrogen (secondary N) is 3. The first kappa shape index (κ1) is 12.9. The molecule has 6 heteroatoms. The van der Waals surface area contributed by atoms with Crippen LogP contribution in [-0.4, -0.2) is 41.8 Å². The number of aliphatic hydroxyl groups excluding tert-OH is 1. The highest BCUT2D eigenvalue weighted by Crippen LogP contribution is 2.19. The molecule has 6 nitrogen and oxygen atoms in total. The van der Waals surface area contributed by atoms with Crippen LogP contribution in [-0.2, 0) is 4.79 Å². The maximum Gasteiger partial charge on any atom is 0.321 e. The number of aliphatic hydroxyl groups is 1. The summed E-state index contributed by atoms with van der Waals surface area (Å²) in [6, 6.07) is -0.736. The fourth-order valence-corrected chi connectivity index (χ4v) is 1.58. The second-order valence-electron chi connectivity index (χ2n) is 4.06. The highest BCUT2D eigenvalue weighted by molar-refractivity contribution is 5.96. The number of rotatable bonds is 4. The zero-order valence-corrected chi connectivity index (χ0v) is 9.62. The van der Waals surface area contributed by atoms with Gasteiger partial charge in [0, 0.05) is 12.6 Å². The lowest BCUT2D eigenvalue weighted by atomic mass is 9.89. The molecule has 0 aromatic carbocycles. The lowest BCUT2D eigenvalue weighted by Crippen LogP contribution is -2.54. The van der Waals surface area contributed by atoms with Crippen LogP contribution in [0.1, 0.15) is 26.7 Å². The predicted molar refractivity (Wildman–Crippen MR) is 58.8 cm³/mol. The topological polar surface area (TPSA) is 90.5 Å². The Kier molecular flexibility index (Phi) is 4.70. The predicted octanol–water partition coefficient (Wildman–Crippen LogP) is -0.666. The van der Waals surface area contributed by atoms with Crippen LogP contribution in [0.5, 0.6) is 0 Å². The van der Waals surface area contributed by atoms with E-state index >= 15 is 0 Å². The number of hydrogen-bond acceptors (Lipinski definition) is 4. The Bertz CT molecular complexity index is 264. The molecule has 4 N–H and O–H groups in total. The number of imide groups is 1. The number of amides is 3. The van der Waals surface area contributed by atoms with Gasteiger partial charge in [0.15, 0.2) is 0 Å². The van der Waals surface area contributed by atoms with Crippen molar-refractivity contribution in [1.29, 1.82) is 0 Å². The molecule has 0 radical (unpaired) electrons. The highest BCUT2D eigenvalue weighted by atomic mass is 16.3. The molecule has 1 aliphatic rings. The third-order valence-electron chi connectivity index (χ3n) is 2.57. The maximum atomic E-state index is 11.5. The molecule has 1 saturated carbocycles. The normalized spacial score (nSPS) is 25.4. The molecule has 0 heterocycles. The van der Waals surface area contributed by atoms with Gasteiger partial charge >= 0.3 is 6.03 Å². The standard InChI is InChI=1S/C10H19N3O3/c1-3-11-10(16)13-9(15)6(2)12-7-4-8(14)5-7/h6-8,12,14H,3-5H2,1-2H3,(H2,11,13,15,16). The van der Waals surface area contributed by atoms with Crippen molar-refractivity contribution in [3.05, 3.63) is 0 Å². The van der Waals surface area contributed by atoms with E-state index in [0.717, 1.165) is 0 Å². The van der Waals surface area contributed by atoms with Crippen LogP contribution in [0.3, 0.4) is 0 Å². The van der Waals surface area contributed by atoms with Crippen LogP contribution in [0.25, 0.3) is 0 Å². The molecule has 1 aliphatic carbocycles. The zero-order valence-electron chi connectivity index (χ0n) is 9.62. The Hall–Kier alpha value is -1.14. The Morgan fingerprint density at radius 3 is 2.56 bits per heavy atom. The van der Waals surface area contributed by atoms with Crippen molar-refractivity contribution in [1.82, 2.24) is 16.0 Å². The van der Waals surface area contributed by atoms with Gasteiger partial charge in [-0.25, -0.2) is 4.79 Å². The summed E-state index contributed by atoms with van der Waals surface area (Å²) in [4.78, 5) is 22.6. The number of carbonyl (C=O) groups excluding carboxylic acids is 2. The van der Waals surface area contributed by atoms with Crippen LogP contribution in [0.4, 0.5) is 4.79 Å². The summed E-state index contributed by atoms with van der Waals surface area (Å²) >= 11 is 0. The maximum absolute atomic E-state index is 11.5. The summed E-state index contributed by atoms with van der Waals surface area (Å²) in [5.41, 5.74) is 0. The van der Waals surface area contributed by atoms with Gasteiger partial charge in [-0.1, -0.05) is 0 Å². The van der Waals surface area contributed by atoms with Gasteiger partial charge < -0.3 is 15.7 Å². The summed E-state index contributed by atoms with van der Waals surface area (Å²) in [5, 5.41) is 16.8. The molecule has 92 valence electrons. The number of hydrogen-bond donors (Lipinski definition) is 4. The van der Waals surface area contributed by atoms with Crippen molar-refractivity contribution in [3.8, 4) is 0 Å². The van der Waals surface area contributed by atoms with E-state index in [-0.39, 0.29) is 18.1 Å². The van der Waals surface area contributed by atoms with E-state index in [1.54, 1.807) is 13.8 Å². The minimum absolute atomic E-state index is 0.171. The first-order valence-corrected chi connectivity index (χ1v) is 5.55. The molecular formula is C10H19N3O3. The average molecular weight is 229 g/mol. The van der Waals surface area contributed by atoms with Crippen LogP contribution in [0, 0.1) is 0 Å². The van der Waals surface area contributed by atoms with Crippen molar-refractivity contribution >= 4 is 11.9 Å². The van der Waals surface area contributed by atoms with E-state index < -0.39 is 12.1 Å². The van der Waals surface area contributed by atoms with Gasteiger partial charge in [0.1, 0.15) is 0 Å². The second kappa shape index (κ2) is 5.81. The molecule has 3 amide bonds. The van der Waals surface area contributed by atoms with Crippen LogP contribution in [0.2, 0.25) is 0 Å². The van der Waals surface area contributed by atoms with E-state index in [2.05, 4.69) is 16.0 Å². The van der Waals surface area contributed by atoms with Gasteiger partial charge in [0.25, 0.3) is 0 Å². The largest absolute Gasteiger partial charge is 0.393 e. The molecule has 0 aliphatic heterocycles. The minimum atomic E-state index is -0.477. The molecule has 0 aromatic rings. The monoisotopic (exact) mass is 229 g/mol. The van der Waals surface area contributed by atoms with Gasteiger partial charge in [-0.05, 0) is 26.7 Å². The lowest BCUT2D eigenvalue weighted by molar-refractivity contribution is -0.122. The third-order valence-corrected chi connectivity index (χ3v) is 2.57. The second-order valence-corrected chi connectivity index (χ2v) is 4.06. The van der Waals surface area contributed by atoms with Crippen molar-refractivity contribution in [2.75, 3.05) is 6.54 Å². The van der Waals surface area contributed by atoms with Crippen LogP contribution < -0.4 is 16.0 Å². The summed E-state index contributed by atoms with van der Waals surface area (Å²) in [5.74, 6) is -0.354. The smallest absolute Gasteiger partial charge is 0.321 e. The molecule has 1 fully saturated rings. The number of carbonyl (C=O) groups is 2. The quantitative estimate of drug-likeness (QED) is 0.515. The van der Waals surface area contributed by atoms with Crippen LogP contribution in [0.15, 0.2) is 0 Å². The third kappa shape index (κ3) is 3.79. The molecule has 0 aromatic heterocycles. The molecule has 1 atom stereocenters. The van der Waals surface area contributed by atoms with Crippen molar-refractivity contribution in [2.45, 2.75) is 44.9 Å². The van der Waals surface area contributed by atoms with Gasteiger partial charge in [-0.2, -0.15) is 0 Å². The average Bonchev–Trinajstić information content (AvgIpc) is 2.15. The van der Waals surface area contributed by atoms with Gasteiger partial charge in [-0.15, -0.1) is 0 Å². The van der Waals surface area contributed by atoms with Crippen LogP contribution >= 0.6 is 0 Å². The Labute approximate surface area is 94.8 Å². The summed E-state index contributed by atoms with van der Waals surface area (Å²) in [6.45, 7) is 3.95. The molecule has 0 spiro atoms. The fraction of sp³-hybridized carbons (Fsp3) is 0.800. The van der Waals surface area contributed by atoms with E-state index in [1.807, 2.05) is 0 Å². The van der Waals surface area contributed by atoms with Crippen molar-refractivity contribution in [3.63, 3.8) is 0 Å². The van der Waals surface area contributed by atoms with Gasteiger partial charge in [-0.3, -0.25) is 10.1 Å². The van der Waals surface area contributed by atoms with Gasteiger partial charge in [0.05, 0.1) is 12.1 Å².